The van der Waals surface area contributed by atoms with Crippen LogP contribution < -0.4 is 5.01 Å². The van der Waals surface area contributed by atoms with Crippen molar-refractivity contribution in [2.24, 2.45) is 5.10 Å². The van der Waals surface area contributed by atoms with Crippen molar-refractivity contribution in [2.75, 3.05) is 5.01 Å². The van der Waals surface area contributed by atoms with Gasteiger partial charge >= 0.3 is 6.09 Å². The molecule has 0 atom stereocenters. The zero-order chi connectivity index (χ0) is 11.8. The van der Waals surface area contributed by atoms with Crippen LogP contribution in [0.25, 0.3) is 0 Å². The molecule has 0 saturated heterocycles. The highest BCUT2D eigenvalue weighted by atomic mass is 35.5. The second-order valence-electron chi connectivity index (χ2n) is 4.00. The Kier molecular flexibility index (Phi) is 2.59. The molecule has 0 unspecified atom stereocenters. The molecule has 0 radical (unpaired) electrons. The highest BCUT2D eigenvalue weighted by Gasteiger charge is 2.30. The second kappa shape index (κ2) is 3.79. The molecular formula is C11H11ClN2O2. The summed E-state index contributed by atoms with van der Waals surface area (Å²) in [6.45, 7) is 3.54. The summed E-state index contributed by atoms with van der Waals surface area (Å²) < 4.78 is 5.18. The lowest BCUT2D eigenvalue weighted by Crippen LogP contribution is -2.42. The number of nitrogens with zero attached hydrogens (tertiary/aromatic N) is 2. The first-order chi connectivity index (χ1) is 7.48. The predicted octanol–water partition coefficient (Wildman–Crippen LogP) is 3.06. The molecule has 0 aromatic heterocycles. The standard InChI is InChI=1S/C11H11ClN2O2/c1-11(2)7-13-14(10(15)16-11)9-5-3-8(12)4-6-9/h3-7H,1-2H3. The Morgan fingerprint density at radius 1 is 1.31 bits per heavy atom. The van der Waals surface area contributed by atoms with Crippen LogP contribution >= 0.6 is 11.6 Å². The number of carbonyl (C=O) groups is 1. The Hall–Kier alpha value is -1.55. The van der Waals surface area contributed by atoms with Crippen molar-refractivity contribution in [2.45, 2.75) is 19.4 Å². The third-order valence-electron chi connectivity index (χ3n) is 2.08. The number of halogens is 1. The van der Waals surface area contributed by atoms with Crippen molar-refractivity contribution in [3.63, 3.8) is 0 Å². The maximum absolute atomic E-state index is 11.7. The van der Waals surface area contributed by atoms with Gasteiger partial charge in [0, 0.05) is 5.02 Å². The Morgan fingerprint density at radius 3 is 2.50 bits per heavy atom. The summed E-state index contributed by atoms with van der Waals surface area (Å²) in [5, 5.41) is 5.86. The first kappa shape index (κ1) is 11.0. The average Bonchev–Trinajstić information content (AvgIpc) is 2.19. The highest BCUT2D eigenvalue weighted by Crippen LogP contribution is 2.23. The molecule has 2 rings (SSSR count). The van der Waals surface area contributed by atoms with Gasteiger partial charge in [0.05, 0.1) is 11.9 Å². The van der Waals surface area contributed by atoms with Crippen molar-refractivity contribution in [3.8, 4) is 0 Å². The summed E-state index contributed by atoms with van der Waals surface area (Å²) >= 11 is 5.76. The molecule has 0 saturated carbocycles. The van der Waals surface area contributed by atoms with E-state index in [1.54, 1.807) is 44.3 Å². The fourth-order valence-electron chi connectivity index (χ4n) is 1.29. The molecule has 5 heteroatoms. The van der Waals surface area contributed by atoms with E-state index in [1.165, 1.54) is 5.01 Å². The first-order valence-corrected chi connectivity index (χ1v) is 5.19. The molecular weight excluding hydrogens is 228 g/mol. The van der Waals surface area contributed by atoms with Gasteiger partial charge in [0.25, 0.3) is 0 Å². The highest BCUT2D eigenvalue weighted by molar-refractivity contribution is 6.30. The number of carbonyl (C=O) groups excluding carboxylic acids is 1. The molecule has 1 aliphatic heterocycles. The molecule has 0 aliphatic carbocycles. The summed E-state index contributed by atoms with van der Waals surface area (Å²) in [6, 6.07) is 6.80. The zero-order valence-corrected chi connectivity index (χ0v) is 9.73. The van der Waals surface area contributed by atoms with Crippen molar-refractivity contribution in [1.82, 2.24) is 0 Å². The zero-order valence-electron chi connectivity index (χ0n) is 8.98. The van der Waals surface area contributed by atoms with Crippen LogP contribution in [0.5, 0.6) is 0 Å². The molecule has 0 spiro atoms. The monoisotopic (exact) mass is 238 g/mol. The van der Waals surface area contributed by atoms with E-state index in [9.17, 15) is 4.79 Å². The number of anilines is 1. The van der Waals surface area contributed by atoms with E-state index in [0.717, 1.165) is 0 Å². The van der Waals surface area contributed by atoms with Gasteiger partial charge in [-0.3, -0.25) is 0 Å². The molecule has 0 fully saturated rings. The molecule has 1 aromatic rings. The van der Waals surface area contributed by atoms with Crippen LogP contribution in [0.15, 0.2) is 29.4 Å². The third kappa shape index (κ3) is 2.17. The molecule has 84 valence electrons. The summed E-state index contributed by atoms with van der Waals surface area (Å²) in [4.78, 5) is 11.7. The van der Waals surface area contributed by atoms with E-state index >= 15 is 0 Å². The Labute approximate surface area is 98.5 Å². The number of rotatable bonds is 1. The number of amides is 1. The van der Waals surface area contributed by atoms with Crippen molar-refractivity contribution in [1.29, 1.82) is 0 Å². The summed E-state index contributed by atoms with van der Waals surface area (Å²) in [5.41, 5.74) is -0.0267. The summed E-state index contributed by atoms with van der Waals surface area (Å²) in [7, 11) is 0. The smallest absolute Gasteiger partial charge is 0.436 e. The number of hydrogen-bond donors (Lipinski definition) is 0. The van der Waals surface area contributed by atoms with Crippen LogP contribution in [0.3, 0.4) is 0 Å². The summed E-state index contributed by atoms with van der Waals surface area (Å²) in [5.74, 6) is 0. The van der Waals surface area contributed by atoms with Crippen LogP contribution in [0, 0.1) is 0 Å². The number of hydrazone groups is 1. The van der Waals surface area contributed by atoms with Crippen LogP contribution in [0.1, 0.15) is 13.8 Å². The second-order valence-corrected chi connectivity index (χ2v) is 4.44. The number of ether oxygens (including phenoxy) is 1. The SMILES string of the molecule is CC1(C)C=NN(c2ccc(Cl)cc2)C(=O)O1. The fraction of sp³-hybridized carbons (Fsp3) is 0.273. The lowest BCUT2D eigenvalue weighted by Gasteiger charge is -2.29. The fourth-order valence-corrected chi connectivity index (χ4v) is 1.42. The van der Waals surface area contributed by atoms with Gasteiger partial charge in [0.1, 0.15) is 5.60 Å². The van der Waals surface area contributed by atoms with Crippen molar-refractivity contribution in [3.05, 3.63) is 29.3 Å². The van der Waals surface area contributed by atoms with E-state index < -0.39 is 11.7 Å². The topological polar surface area (TPSA) is 41.9 Å². The largest absolute Gasteiger partial charge is 0.436 e. The molecule has 1 aliphatic rings. The molecule has 16 heavy (non-hydrogen) atoms. The molecule has 1 heterocycles. The molecule has 4 nitrogen and oxygen atoms in total. The minimum absolute atomic E-state index is 0.491. The quantitative estimate of drug-likeness (QED) is 0.755. The maximum atomic E-state index is 11.7. The maximum Gasteiger partial charge on any atom is 0.436 e. The number of benzene rings is 1. The van der Waals surface area contributed by atoms with Gasteiger partial charge in [-0.05, 0) is 38.1 Å². The lowest BCUT2D eigenvalue weighted by molar-refractivity contribution is 0.0874. The van der Waals surface area contributed by atoms with Crippen LogP contribution in [0.2, 0.25) is 5.02 Å². The third-order valence-corrected chi connectivity index (χ3v) is 2.33. The van der Waals surface area contributed by atoms with Crippen molar-refractivity contribution < 1.29 is 9.53 Å². The van der Waals surface area contributed by atoms with Gasteiger partial charge in [0.2, 0.25) is 0 Å². The first-order valence-electron chi connectivity index (χ1n) is 4.82. The summed E-state index contributed by atoms with van der Waals surface area (Å²) in [6.07, 6.45) is 1.10. The van der Waals surface area contributed by atoms with E-state index in [-0.39, 0.29) is 0 Å². The number of cyclic esters (lactones) is 1. The van der Waals surface area contributed by atoms with Crippen LogP contribution in [-0.2, 0) is 4.74 Å². The Bertz CT molecular complexity index is 440. The van der Waals surface area contributed by atoms with E-state index in [2.05, 4.69) is 5.10 Å². The van der Waals surface area contributed by atoms with Gasteiger partial charge in [0.15, 0.2) is 0 Å². The lowest BCUT2D eigenvalue weighted by atomic mass is 10.1. The van der Waals surface area contributed by atoms with E-state index in [0.29, 0.717) is 10.7 Å². The molecule has 0 bridgehead atoms. The normalized spacial score (nSPS) is 18.4. The molecule has 0 N–H and O–H groups in total. The van der Waals surface area contributed by atoms with Crippen LogP contribution in [0.4, 0.5) is 10.5 Å². The number of hydrogen-bond acceptors (Lipinski definition) is 3. The van der Waals surface area contributed by atoms with Crippen molar-refractivity contribution >= 4 is 29.6 Å². The minimum atomic E-state index is -0.653. The van der Waals surface area contributed by atoms with Gasteiger partial charge < -0.3 is 4.74 Å². The van der Waals surface area contributed by atoms with E-state index in [4.69, 9.17) is 16.3 Å². The molecule has 1 aromatic carbocycles. The minimum Gasteiger partial charge on any atom is -0.436 e. The van der Waals surface area contributed by atoms with E-state index in [1.807, 2.05) is 0 Å². The Balaban J connectivity index is 2.29. The van der Waals surface area contributed by atoms with Gasteiger partial charge in [-0.2, -0.15) is 10.1 Å². The van der Waals surface area contributed by atoms with Crippen LogP contribution in [-0.4, -0.2) is 17.9 Å². The Morgan fingerprint density at radius 2 is 1.94 bits per heavy atom. The van der Waals surface area contributed by atoms with Gasteiger partial charge in [-0.15, -0.1) is 0 Å². The average molecular weight is 239 g/mol. The predicted molar refractivity (Wildman–Crippen MR) is 63.0 cm³/mol. The van der Waals surface area contributed by atoms with Gasteiger partial charge in [-0.25, -0.2) is 4.79 Å². The van der Waals surface area contributed by atoms with Gasteiger partial charge in [-0.1, -0.05) is 11.6 Å². The molecule has 1 amide bonds.